The molecule has 0 aliphatic carbocycles. The van der Waals surface area contributed by atoms with Gasteiger partial charge in [0.25, 0.3) is 0 Å². The highest BCUT2D eigenvalue weighted by Gasteiger charge is 2.19. The van der Waals surface area contributed by atoms with Crippen molar-refractivity contribution in [1.82, 2.24) is 0 Å². The minimum atomic E-state index is -1.13. The summed E-state index contributed by atoms with van der Waals surface area (Å²) in [5.74, 6) is -1.99. The fourth-order valence-corrected chi connectivity index (χ4v) is 2.14. The fourth-order valence-electron chi connectivity index (χ4n) is 1.41. The molecule has 86 valence electrons. The van der Waals surface area contributed by atoms with Gasteiger partial charge in [0.05, 0.1) is 0 Å². The molecule has 1 aromatic heterocycles. The van der Waals surface area contributed by atoms with E-state index in [1.54, 1.807) is 5.38 Å². The summed E-state index contributed by atoms with van der Waals surface area (Å²) in [5, 5.41) is 10.4. The minimum Gasteiger partial charge on any atom is -0.477 e. The molecular weight excluding hydrogens is 243 g/mol. The molecule has 1 N–H and O–H groups in total. The number of aromatic carboxylic acids is 1. The molecule has 0 aliphatic rings. The van der Waals surface area contributed by atoms with E-state index in [0.29, 0.717) is 0 Å². The maximum atomic E-state index is 12.7. The number of carbonyl (C=O) groups excluding carboxylic acids is 1. The number of hydrogen-bond acceptors (Lipinski definition) is 3. The number of carbonyl (C=O) groups is 2. The topological polar surface area (TPSA) is 54.4 Å². The molecule has 2 aromatic rings. The highest BCUT2D eigenvalue weighted by molar-refractivity contribution is 7.12. The zero-order valence-corrected chi connectivity index (χ0v) is 9.33. The summed E-state index contributed by atoms with van der Waals surface area (Å²) in [6.45, 7) is 0. The number of benzene rings is 1. The van der Waals surface area contributed by atoms with Gasteiger partial charge in [-0.05, 0) is 35.7 Å². The first kappa shape index (κ1) is 11.5. The molecule has 1 heterocycles. The van der Waals surface area contributed by atoms with E-state index < -0.39 is 17.6 Å². The van der Waals surface area contributed by atoms with Gasteiger partial charge in [-0.25, -0.2) is 9.18 Å². The predicted octanol–water partition coefficient (Wildman–Crippen LogP) is 2.82. The second-order valence-corrected chi connectivity index (χ2v) is 4.22. The number of carboxylic acid groups (broad SMARTS) is 1. The number of thiophene rings is 1. The highest BCUT2D eigenvalue weighted by Crippen LogP contribution is 2.20. The summed E-state index contributed by atoms with van der Waals surface area (Å²) in [7, 11) is 0. The van der Waals surface area contributed by atoms with Crippen molar-refractivity contribution in [2.45, 2.75) is 0 Å². The van der Waals surface area contributed by atoms with Crippen LogP contribution in [0.3, 0.4) is 0 Å². The summed E-state index contributed by atoms with van der Waals surface area (Å²) in [6, 6.07) is 6.46. The maximum absolute atomic E-state index is 12.7. The molecule has 0 radical (unpaired) electrons. The smallest absolute Gasteiger partial charge is 0.346 e. The number of carboxylic acids is 1. The van der Waals surface area contributed by atoms with Crippen molar-refractivity contribution in [3.05, 3.63) is 57.5 Å². The van der Waals surface area contributed by atoms with Gasteiger partial charge < -0.3 is 5.11 Å². The Morgan fingerprint density at radius 3 is 2.35 bits per heavy atom. The van der Waals surface area contributed by atoms with Crippen molar-refractivity contribution in [2.24, 2.45) is 0 Å². The monoisotopic (exact) mass is 250 g/mol. The van der Waals surface area contributed by atoms with Crippen LogP contribution in [-0.4, -0.2) is 16.9 Å². The highest BCUT2D eigenvalue weighted by atomic mass is 32.1. The third kappa shape index (κ3) is 2.24. The minimum absolute atomic E-state index is 0.000625. The first-order chi connectivity index (χ1) is 8.09. The van der Waals surface area contributed by atoms with Crippen LogP contribution in [0.1, 0.15) is 25.6 Å². The molecule has 0 fully saturated rings. The summed E-state index contributed by atoms with van der Waals surface area (Å²) in [6.07, 6.45) is 0. The van der Waals surface area contributed by atoms with Crippen molar-refractivity contribution in [3.63, 3.8) is 0 Å². The van der Waals surface area contributed by atoms with Gasteiger partial charge in [-0.15, -0.1) is 11.3 Å². The van der Waals surface area contributed by atoms with E-state index in [0.717, 1.165) is 11.3 Å². The molecule has 5 heteroatoms. The first-order valence-corrected chi connectivity index (χ1v) is 5.58. The number of ketones is 1. The summed E-state index contributed by atoms with van der Waals surface area (Å²) < 4.78 is 12.7. The average molecular weight is 250 g/mol. The lowest BCUT2D eigenvalue weighted by Gasteiger charge is -2.00. The van der Waals surface area contributed by atoms with Gasteiger partial charge in [-0.1, -0.05) is 0 Å². The van der Waals surface area contributed by atoms with Crippen molar-refractivity contribution in [1.29, 1.82) is 0 Å². The van der Waals surface area contributed by atoms with Crippen molar-refractivity contribution in [2.75, 3.05) is 0 Å². The summed E-state index contributed by atoms with van der Waals surface area (Å²) >= 11 is 0.989. The zero-order valence-electron chi connectivity index (χ0n) is 8.51. The van der Waals surface area contributed by atoms with Crippen LogP contribution < -0.4 is 0 Å². The zero-order chi connectivity index (χ0) is 12.4. The van der Waals surface area contributed by atoms with E-state index in [1.165, 1.54) is 30.3 Å². The van der Waals surface area contributed by atoms with Crippen LogP contribution in [0.4, 0.5) is 4.39 Å². The Labute approximate surface area is 100 Å². The lowest BCUT2D eigenvalue weighted by Crippen LogP contribution is -2.06. The van der Waals surface area contributed by atoms with Crippen LogP contribution in [0, 0.1) is 5.82 Å². The third-order valence-corrected chi connectivity index (χ3v) is 3.11. The third-order valence-electron chi connectivity index (χ3n) is 2.21. The van der Waals surface area contributed by atoms with E-state index in [2.05, 4.69) is 0 Å². The van der Waals surface area contributed by atoms with E-state index >= 15 is 0 Å². The SMILES string of the molecule is O=C(c1ccc(F)cc1)c1ccsc1C(=O)O. The molecule has 0 amide bonds. The van der Waals surface area contributed by atoms with E-state index in [-0.39, 0.29) is 16.0 Å². The Kier molecular flexibility index (Phi) is 3.01. The molecule has 2 rings (SSSR count). The van der Waals surface area contributed by atoms with Crippen LogP contribution in [0.15, 0.2) is 35.7 Å². The molecule has 0 spiro atoms. The Hall–Kier alpha value is -2.01. The van der Waals surface area contributed by atoms with Gasteiger partial charge >= 0.3 is 5.97 Å². The maximum Gasteiger partial charge on any atom is 0.346 e. The van der Waals surface area contributed by atoms with Gasteiger partial charge in [0, 0.05) is 11.1 Å². The van der Waals surface area contributed by atoms with Gasteiger partial charge in [-0.2, -0.15) is 0 Å². The average Bonchev–Trinajstić information content (AvgIpc) is 2.78. The number of rotatable bonds is 3. The normalized spacial score (nSPS) is 10.2. The van der Waals surface area contributed by atoms with Crippen LogP contribution in [0.25, 0.3) is 0 Å². The quantitative estimate of drug-likeness (QED) is 0.852. The van der Waals surface area contributed by atoms with Gasteiger partial charge in [0.2, 0.25) is 0 Å². The summed E-state index contributed by atoms with van der Waals surface area (Å²) in [4.78, 5) is 22.8. The largest absolute Gasteiger partial charge is 0.477 e. The van der Waals surface area contributed by atoms with Gasteiger partial charge in [-0.3, -0.25) is 4.79 Å². The van der Waals surface area contributed by atoms with E-state index in [1.807, 2.05) is 0 Å². The lowest BCUT2D eigenvalue weighted by atomic mass is 10.0. The van der Waals surface area contributed by atoms with Crippen LogP contribution in [-0.2, 0) is 0 Å². The molecule has 1 aromatic carbocycles. The van der Waals surface area contributed by atoms with Crippen LogP contribution in [0.2, 0.25) is 0 Å². The van der Waals surface area contributed by atoms with E-state index in [4.69, 9.17) is 5.11 Å². The molecule has 3 nitrogen and oxygen atoms in total. The van der Waals surface area contributed by atoms with Crippen molar-refractivity contribution in [3.8, 4) is 0 Å². The molecule has 0 aliphatic heterocycles. The lowest BCUT2D eigenvalue weighted by molar-refractivity contribution is 0.0698. The molecule has 0 saturated heterocycles. The molecule has 17 heavy (non-hydrogen) atoms. The molecular formula is C12H7FO3S. The van der Waals surface area contributed by atoms with Crippen LogP contribution in [0.5, 0.6) is 0 Å². The molecule has 0 saturated carbocycles. The molecule has 0 atom stereocenters. The Morgan fingerprint density at radius 2 is 1.76 bits per heavy atom. The number of hydrogen-bond donors (Lipinski definition) is 1. The molecule has 0 unspecified atom stereocenters. The first-order valence-electron chi connectivity index (χ1n) is 4.70. The van der Waals surface area contributed by atoms with Crippen LogP contribution >= 0.6 is 11.3 Å². The molecule has 0 bridgehead atoms. The van der Waals surface area contributed by atoms with Gasteiger partial charge in [0.1, 0.15) is 10.7 Å². The standard InChI is InChI=1S/C12H7FO3S/c13-8-3-1-7(2-4-8)10(14)9-5-6-17-11(9)12(15)16/h1-6H,(H,15,16). The Morgan fingerprint density at radius 1 is 1.12 bits per heavy atom. The predicted molar refractivity (Wildman–Crippen MR) is 61.1 cm³/mol. The van der Waals surface area contributed by atoms with Crippen molar-refractivity contribution >= 4 is 23.1 Å². The second kappa shape index (κ2) is 4.47. The van der Waals surface area contributed by atoms with E-state index in [9.17, 15) is 14.0 Å². The van der Waals surface area contributed by atoms with Crippen molar-refractivity contribution < 1.29 is 19.1 Å². The fraction of sp³-hybridized carbons (Fsp3) is 0. The number of halogens is 1. The Balaban J connectivity index is 2.40. The second-order valence-electron chi connectivity index (χ2n) is 3.30. The summed E-state index contributed by atoms with van der Waals surface area (Å²) in [5.41, 5.74) is 0.404. The van der Waals surface area contributed by atoms with Gasteiger partial charge in [0.15, 0.2) is 5.78 Å². The Bertz CT molecular complexity index is 572.